The SMILES string of the molecule is COCCOCOc1ccc(/C=C/C(=O)O)cc1OCOCCOC. The average molecular weight is 356 g/mol. The molecule has 8 heteroatoms. The van der Waals surface area contributed by atoms with Crippen molar-refractivity contribution in [1.29, 1.82) is 0 Å². The van der Waals surface area contributed by atoms with Crippen molar-refractivity contribution >= 4 is 12.0 Å². The van der Waals surface area contributed by atoms with Gasteiger partial charge < -0.3 is 33.5 Å². The van der Waals surface area contributed by atoms with Gasteiger partial charge in [-0.25, -0.2) is 4.79 Å². The lowest BCUT2D eigenvalue weighted by Gasteiger charge is -2.14. The lowest BCUT2D eigenvalue weighted by Crippen LogP contribution is -2.10. The van der Waals surface area contributed by atoms with Gasteiger partial charge in [-0.1, -0.05) is 6.07 Å². The zero-order chi connectivity index (χ0) is 18.3. The summed E-state index contributed by atoms with van der Waals surface area (Å²) in [5.74, 6) is -0.155. The van der Waals surface area contributed by atoms with Crippen molar-refractivity contribution in [3.05, 3.63) is 29.8 Å². The minimum atomic E-state index is -1.03. The molecule has 25 heavy (non-hydrogen) atoms. The van der Waals surface area contributed by atoms with Gasteiger partial charge in [0.25, 0.3) is 0 Å². The quantitative estimate of drug-likeness (QED) is 0.306. The molecule has 8 nitrogen and oxygen atoms in total. The fourth-order valence-electron chi connectivity index (χ4n) is 1.64. The van der Waals surface area contributed by atoms with Crippen LogP contribution in [0.4, 0.5) is 0 Å². The van der Waals surface area contributed by atoms with E-state index in [4.69, 9.17) is 33.5 Å². The summed E-state index contributed by atoms with van der Waals surface area (Å²) in [5, 5.41) is 8.71. The summed E-state index contributed by atoms with van der Waals surface area (Å²) in [6.45, 7) is 1.78. The van der Waals surface area contributed by atoms with Crippen LogP contribution in [0.1, 0.15) is 5.56 Å². The summed E-state index contributed by atoms with van der Waals surface area (Å²) in [4.78, 5) is 10.6. The summed E-state index contributed by atoms with van der Waals surface area (Å²) in [7, 11) is 3.17. The molecule has 140 valence electrons. The summed E-state index contributed by atoms with van der Waals surface area (Å²) >= 11 is 0. The van der Waals surface area contributed by atoms with Crippen molar-refractivity contribution in [1.82, 2.24) is 0 Å². The van der Waals surface area contributed by atoms with E-state index in [1.807, 2.05) is 0 Å². The van der Waals surface area contributed by atoms with Gasteiger partial charge in [-0.2, -0.15) is 0 Å². The standard InChI is InChI=1S/C17H24O8/c1-20-7-9-22-12-24-15-5-3-14(4-6-17(18)19)11-16(15)25-13-23-10-8-21-2/h3-6,11H,7-10,12-13H2,1-2H3,(H,18,19)/b6-4+. The van der Waals surface area contributed by atoms with Crippen LogP contribution in [-0.2, 0) is 23.7 Å². The maximum Gasteiger partial charge on any atom is 0.328 e. The van der Waals surface area contributed by atoms with Crippen molar-refractivity contribution in [2.24, 2.45) is 0 Å². The van der Waals surface area contributed by atoms with Gasteiger partial charge in [0.15, 0.2) is 25.1 Å². The molecule has 0 spiro atoms. The third-order valence-corrected chi connectivity index (χ3v) is 2.85. The van der Waals surface area contributed by atoms with Crippen LogP contribution in [0, 0.1) is 0 Å². The Balaban J connectivity index is 2.66. The highest BCUT2D eigenvalue weighted by Crippen LogP contribution is 2.29. The van der Waals surface area contributed by atoms with Crippen LogP contribution >= 0.6 is 0 Å². The Kier molecular flexibility index (Phi) is 11.0. The molecule has 0 aromatic heterocycles. The van der Waals surface area contributed by atoms with E-state index in [0.717, 1.165) is 6.08 Å². The lowest BCUT2D eigenvalue weighted by atomic mass is 10.2. The fourth-order valence-corrected chi connectivity index (χ4v) is 1.64. The molecule has 0 unspecified atom stereocenters. The maximum absolute atomic E-state index is 10.6. The highest BCUT2D eigenvalue weighted by atomic mass is 16.7. The molecule has 0 fully saturated rings. The van der Waals surface area contributed by atoms with Crippen LogP contribution in [0.25, 0.3) is 6.08 Å². The van der Waals surface area contributed by atoms with Gasteiger partial charge in [-0.15, -0.1) is 0 Å². The van der Waals surface area contributed by atoms with Crippen molar-refractivity contribution in [3.63, 3.8) is 0 Å². The van der Waals surface area contributed by atoms with E-state index >= 15 is 0 Å². The van der Waals surface area contributed by atoms with Crippen molar-refractivity contribution in [2.45, 2.75) is 0 Å². The third-order valence-electron chi connectivity index (χ3n) is 2.85. The molecular weight excluding hydrogens is 332 g/mol. The molecule has 1 N–H and O–H groups in total. The smallest absolute Gasteiger partial charge is 0.328 e. The van der Waals surface area contributed by atoms with Crippen LogP contribution in [0.5, 0.6) is 11.5 Å². The third kappa shape index (κ3) is 9.68. The molecule has 0 saturated carbocycles. The predicted molar refractivity (Wildman–Crippen MR) is 89.8 cm³/mol. The summed E-state index contributed by atoms with van der Waals surface area (Å²) in [5.41, 5.74) is 0.655. The summed E-state index contributed by atoms with van der Waals surface area (Å²) < 4.78 is 31.3. The van der Waals surface area contributed by atoms with Crippen LogP contribution in [0.2, 0.25) is 0 Å². The van der Waals surface area contributed by atoms with Gasteiger partial charge in [0, 0.05) is 20.3 Å². The molecule has 0 aliphatic carbocycles. The molecule has 0 amide bonds. The van der Waals surface area contributed by atoms with Crippen LogP contribution in [0.15, 0.2) is 24.3 Å². The highest BCUT2D eigenvalue weighted by molar-refractivity contribution is 5.85. The number of carbonyl (C=O) groups is 1. The molecule has 0 heterocycles. The van der Waals surface area contributed by atoms with E-state index in [1.54, 1.807) is 32.4 Å². The normalized spacial score (nSPS) is 11.0. The van der Waals surface area contributed by atoms with Crippen LogP contribution < -0.4 is 9.47 Å². The van der Waals surface area contributed by atoms with E-state index in [9.17, 15) is 4.79 Å². The molecule has 0 saturated heterocycles. The molecule has 1 aromatic rings. The number of hydrogen-bond acceptors (Lipinski definition) is 7. The second-order valence-corrected chi connectivity index (χ2v) is 4.70. The Bertz CT molecular complexity index is 529. The number of ether oxygens (including phenoxy) is 6. The Morgan fingerprint density at radius 2 is 1.56 bits per heavy atom. The topological polar surface area (TPSA) is 92.7 Å². The van der Waals surface area contributed by atoms with Crippen LogP contribution in [-0.4, -0.2) is 65.3 Å². The van der Waals surface area contributed by atoms with Crippen molar-refractivity contribution in [3.8, 4) is 11.5 Å². The number of benzene rings is 1. The number of methoxy groups -OCH3 is 2. The van der Waals surface area contributed by atoms with Gasteiger partial charge in [0.05, 0.1) is 26.4 Å². The second-order valence-electron chi connectivity index (χ2n) is 4.70. The number of aliphatic carboxylic acids is 1. The number of carboxylic acid groups (broad SMARTS) is 1. The van der Waals surface area contributed by atoms with Crippen LogP contribution in [0.3, 0.4) is 0 Å². The molecule has 0 atom stereocenters. The first kappa shape index (κ1) is 20.9. The molecule has 0 bridgehead atoms. The number of hydrogen-bond donors (Lipinski definition) is 1. The molecule has 1 rings (SSSR count). The Labute approximate surface area is 146 Å². The van der Waals surface area contributed by atoms with Gasteiger partial charge >= 0.3 is 5.97 Å². The summed E-state index contributed by atoms with van der Waals surface area (Å²) in [6.07, 6.45) is 2.50. The zero-order valence-electron chi connectivity index (χ0n) is 14.4. The van der Waals surface area contributed by atoms with Gasteiger partial charge in [-0.3, -0.25) is 0 Å². The van der Waals surface area contributed by atoms with Gasteiger partial charge in [-0.05, 0) is 23.8 Å². The first-order valence-electron chi connectivity index (χ1n) is 7.61. The second kappa shape index (κ2) is 13.2. The summed E-state index contributed by atoms with van der Waals surface area (Å²) in [6, 6.07) is 5.04. The number of carboxylic acids is 1. The number of rotatable bonds is 14. The van der Waals surface area contributed by atoms with Gasteiger partial charge in [0.1, 0.15) is 0 Å². The Morgan fingerprint density at radius 1 is 0.960 bits per heavy atom. The first-order chi connectivity index (χ1) is 12.2. The maximum atomic E-state index is 10.6. The molecule has 0 aliphatic heterocycles. The Morgan fingerprint density at radius 3 is 2.12 bits per heavy atom. The molecular formula is C17H24O8. The fraction of sp³-hybridized carbons (Fsp3) is 0.471. The first-order valence-corrected chi connectivity index (χ1v) is 7.61. The van der Waals surface area contributed by atoms with E-state index in [2.05, 4.69) is 0 Å². The van der Waals surface area contributed by atoms with E-state index in [-0.39, 0.29) is 13.6 Å². The minimum absolute atomic E-state index is 0.0103. The van der Waals surface area contributed by atoms with Gasteiger partial charge in [0.2, 0.25) is 0 Å². The van der Waals surface area contributed by atoms with E-state index < -0.39 is 5.97 Å². The largest absolute Gasteiger partial charge is 0.478 e. The average Bonchev–Trinajstić information content (AvgIpc) is 2.60. The van der Waals surface area contributed by atoms with Crippen molar-refractivity contribution in [2.75, 3.05) is 54.2 Å². The van der Waals surface area contributed by atoms with Crippen molar-refractivity contribution < 1.29 is 38.3 Å². The predicted octanol–water partition coefficient (Wildman–Crippen LogP) is 1.78. The Hall–Kier alpha value is -2.13. The molecule has 0 radical (unpaired) electrons. The van der Waals surface area contributed by atoms with E-state index in [1.165, 1.54) is 6.08 Å². The highest BCUT2D eigenvalue weighted by Gasteiger charge is 2.07. The zero-order valence-corrected chi connectivity index (χ0v) is 14.4. The van der Waals surface area contributed by atoms with E-state index in [0.29, 0.717) is 43.5 Å². The molecule has 0 aliphatic rings. The molecule has 1 aromatic carbocycles. The minimum Gasteiger partial charge on any atom is -0.478 e. The lowest BCUT2D eigenvalue weighted by molar-refractivity contribution is -0.131. The monoisotopic (exact) mass is 356 g/mol.